The minimum atomic E-state index is -0.147. The normalized spacial score (nSPS) is 18.6. The van der Waals surface area contributed by atoms with Crippen LogP contribution in [0.2, 0.25) is 0 Å². The van der Waals surface area contributed by atoms with Gasteiger partial charge in [0.05, 0.1) is 0 Å². The molecule has 0 aliphatic carbocycles. The van der Waals surface area contributed by atoms with Gasteiger partial charge in [-0.3, -0.25) is 4.79 Å². The zero-order valence-corrected chi connectivity index (χ0v) is 13.4. The molecule has 1 atom stereocenters. The topological polar surface area (TPSA) is 70.2 Å². The molecule has 1 aromatic rings. The Hall–Kier alpha value is -1.85. The largest absolute Gasteiger partial charge is 0.370 e. The summed E-state index contributed by atoms with van der Waals surface area (Å²) in [5.41, 5.74) is 1.02. The molecule has 21 heavy (non-hydrogen) atoms. The van der Waals surface area contributed by atoms with Gasteiger partial charge in [0.1, 0.15) is 23.5 Å². The summed E-state index contributed by atoms with van der Waals surface area (Å²) in [5.74, 6) is 2.57. The van der Waals surface area contributed by atoms with Crippen LogP contribution in [0.5, 0.6) is 0 Å². The van der Waals surface area contributed by atoms with Crippen molar-refractivity contribution in [3.8, 4) is 0 Å². The predicted octanol–water partition coefficient (Wildman–Crippen LogP) is 1.63. The number of nitrogens with zero attached hydrogens (tertiary/aromatic N) is 3. The lowest BCUT2D eigenvalue weighted by atomic mass is 10.1. The van der Waals surface area contributed by atoms with Crippen molar-refractivity contribution >= 4 is 17.5 Å². The molecule has 1 aliphatic rings. The molecule has 1 aromatic heterocycles. The summed E-state index contributed by atoms with van der Waals surface area (Å²) in [6.45, 7) is 10.4. The van der Waals surface area contributed by atoms with Crippen molar-refractivity contribution in [3.63, 3.8) is 0 Å². The number of hydrogen-bond acceptors (Lipinski definition) is 5. The third-order valence-corrected chi connectivity index (χ3v) is 3.76. The van der Waals surface area contributed by atoms with Crippen LogP contribution in [-0.4, -0.2) is 41.6 Å². The van der Waals surface area contributed by atoms with Gasteiger partial charge in [0.25, 0.3) is 0 Å². The maximum absolute atomic E-state index is 12.1. The van der Waals surface area contributed by atoms with E-state index in [2.05, 4.69) is 32.4 Å². The molecule has 1 fully saturated rings. The minimum Gasteiger partial charge on any atom is -0.370 e. The first-order valence-corrected chi connectivity index (χ1v) is 7.71. The molecule has 0 aromatic carbocycles. The Morgan fingerprint density at radius 2 is 2.10 bits per heavy atom. The van der Waals surface area contributed by atoms with E-state index in [1.165, 1.54) is 0 Å². The Morgan fingerprint density at radius 3 is 2.76 bits per heavy atom. The molecule has 1 amide bonds. The lowest BCUT2D eigenvalue weighted by Gasteiger charge is -2.36. The number of anilines is 2. The number of carbonyl (C=O) groups is 1. The van der Waals surface area contributed by atoms with Gasteiger partial charge in [-0.1, -0.05) is 13.8 Å². The van der Waals surface area contributed by atoms with Gasteiger partial charge in [-0.05, 0) is 26.7 Å². The van der Waals surface area contributed by atoms with Crippen LogP contribution in [0, 0.1) is 13.8 Å². The Bertz CT molecular complexity index is 517. The van der Waals surface area contributed by atoms with Gasteiger partial charge in [-0.15, -0.1) is 0 Å². The molecular formula is C15H25N5O. The third-order valence-electron chi connectivity index (χ3n) is 3.76. The number of piperazine rings is 1. The van der Waals surface area contributed by atoms with E-state index in [0.717, 1.165) is 49.0 Å². The van der Waals surface area contributed by atoms with E-state index in [-0.39, 0.29) is 11.9 Å². The summed E-state index contributed by atoms with van der Waals surface area (Å²) in [7, 11) is 0. The summed E-state index contributed by atoms with van der Waals surface area (Å²) in [4.78, 5) is 23.2. The van der Waals surface area contributed by atoms with Crippen molar-refractivity contribution in [1.29, 1.82) is 0 Å². The number of carbonyl (C=O) groups excluding carboxylic acids is 1. The standard InChI is InChI=1S/C15H25N5O/c1-5-7-16-13-10(3)14(19-11(4)18-13)20-9-8-17-15(21)12(20)6-2/h12H,5-9H2,1-4H3,(H,17,21)(H,16,18,19). The zero-order valence-electron chi connectivity index (χ0n) is 13.4. The van der Waals surface area contributed by atoms with E-state index in [0.29, 0.717) is 6.54 Å². The SMILES string of the molecule is CCCNc1nc(C)nc(N2CCNC(=O)C2CC)c1C. The highest BCUT2D eigenvalue weighted by atomic mass is 16.2. The second kappa shape index (κ2) is 6.74. The Kier molecular flexibility index (Phi) is 4.98. The van der Waals surface area contributed by atoms with Crippen molar-refractivity contribution in [1.82, 2.24) is 15.3 Å². The second-order valence-electron chi connectivity index (χ2n) is 5.40. The average molecular weight is 291 g/mol. The van der Waals surface area contributed by atoms with E-state index in [4.69, 9.17) is 0 Å². The van der Waals surface area contributed by atoms with Gasteiger partial charge in [0.2, 0.25) is 5.91 Å². The van der Waals surface area contributed by atoms with Crippen LogP contribution in [0.25, 0.3) is 0 Å². The summed E-state index contributed by atoms with van der Waals surface area (Å²) in [5, 5.41) is 6.27. The van der Waals surface area contributed by atoms with E-state index < -0.39 is 0 Å². The Labute approximate surface area is 126 Å². The van der Waals surface area contributed by atoms with Gasteiger partial charge in [0, 0.05) is 25.2 Å². The molecule has 0 radical (unpaired) electrons. The number of hydrogen-bond donors (Lipinski definition) is 2. The third kappa shape index (κ3) is 3.25. The van der Waals surface area contributed by atoms with Crippen molar-refractivity contribution in [2.24, 2.45) is 0 Å². The zero-order chi connectivity index (χ0) is 15.4. The fraction of sp³-hybridized carbons (Fsp3) is 0.667. The van der Waals surface area contributed by atoms with E-state index >= 15 is 0 Å². The van der Waals surface area contributed by atoms with Crippen LogP contribution in [0.15, 0.2) is 0 Å². The van der Waals surface area contributed by atoms with Gasteiger partial charge in [-0.2, -0.15) is 0 Å². The molecule has 0 saturated carbocycles. The molecule has 6 nitrogen and oxygen atoms in total. The summed E-state index contributed by atoms with van der Waals surface area (Å²) >= 11 is 0. The number of aryl methyl sites for hydroxylation is 1. The summed E-state index contributed by atoms with van der Waals surface area (Å²) in [6.07, 6.45) is 1.81. The molecule has 1 saturated heterocycles. The minimum absolute atomic E-state index is 0.0856. The van der Waals surface area contributed by atoms with Gasteiger partial charge < -0.3 is 15.5 Å². The molecule has 1 aliphatic heterocycles. The van der Waals surface area contributed by atoms with Crippen LogP contribution in [0.4, 0.5) is 11.6 Å². The molecule has 6 heteroatoms. The summed E-state index contributed by atoms with van der Waals surface area (Å²) in [6, 6.07) is -0.147. The maximum atomic E-state index is 12.1. The molecule has 0 spiro atoms. The fourth-order valence-corrected chi connectivity index (χ4v) is 2.68. The first kappa shape index (κ1) is 15.5. The predicted molar refractivity (Wildman–Crippen MR) is 84.7 cm³/mol. The van der Waals surface area contributed by atoms with Gasteiger partial charge >= 0.3 is 0 Å². The lowest BCUT2D eigenvalue weighted by molar-refractivity contribution is -0.123. The van der Waals surface area contributed by atoms with Crippen LogP contribution in [-0.2, 0) is 4.79 Å². The van der Waals surface area contributed by atoms with Gasteiger partial charge in [-0.25, -0.2) is 9.97 Å². The molecule has 1 unspecified atom stereocenters. The molecule has 0 bridgehead atoms. The quantitative estimate of drug-likeness (QED) is 0.863. The maximum Gasteiger partial charge on any atom is 0.242 e. The first-order valence-electron chi connectivity index (χ1n) is 7.71. The highest BCUT2D eigenvalue weighted by Gasteiger charge is 2.30. The first-order chi connectivity index (χ1) is 10.1. The summed E-state index contributed by atoms with van der Waals surface area (Å²) < 4.78 is 0. The molecule has 2 N–H and O–H groups in total. The monoisotopic (exact) mass is 291 g/mol. The molecule has 2 rings (SSSR count). The van der Waals surface area contributed by atoms with E-state index in [9.17, 15) is 4.79 Å². The Balaban J connectivity index is 2.37. The smallest absolute Gasteiger partial charge is 0.242 e. The Morgan fingerprint density at radius 1 is 1.33 bits per heavy atom. The van der Waals surface area contributed by atoms with E-state index in [1.807, 2.05) is 20.8 Å². The van der Waals surface area contributed by atoms with Gasteiger partial charge in [0.15, 0.2) is 0 Å². The molecular weight excluding hydrogens is 266 g/mol. The van der Waals surface area contributed by atoms with Crippen LogP contribution < -0.4 is 15.5 Å². The molecule has 116 valence electrons. The van der Waals surface area contributed by atoms with Crippen LogP contribution in [0.1, 0.15) is 38.1 Å². The number of nitrogens with one attached hydrogen (secondary N) is 2. The number of aromatic nitrogens is 2. The number of amides is 1. The van der Waals surface area contributed by atoms with Crippen molar-refractivity contribution in [3.05, 3.63) is 11.4 Å². The fourth-order valence-electron chi connectivity index (χ4n) is 2.68. The van der Waals surface area contributed by atoms with Crippen molar-refractivity contribution in [2.45, 2.75) is 46.6 Å². The van der Waals surface area contributed by atoms with Crippen molar-refractivity contribution < 1.29 is 4.79 Å². The highest BCUT2D eigenvalue weighted by molar-refractivity contribution is 5.86. The van der Waals surface area contributed by atoms with Crippen molar-refractivity contribution in [2.75, 3.05) is 29.9 Å². The highest BCUT2D eigenvalue weighted by Crippen LogP contribution is 2.26. The molecule has 2 heterocycles. The second-order valence-corrected chi connectivity index (χ2v) is 5.40. The number of rotatable bonds is 5. The lowest BCUT2D eigenvalue weighted by Crippen LogP contribution is -2.55. The average Bonchev–Trinajstić information content (AvgIpc) is 2.47. The van der Waals surface area contributed by atoms with Crippen LogP contribution in [0.3, 0.4) is 0 Å². The van der Waals surface area contributed by atoms with E-state index in [1.54, 1.807) is 0 Å². The van der Waals surface area contributed by atoms with Crippen LogP contribution >= 0.6 is 0 Å².